The highest BCUT2D eigenvalue weighted by Gasteiger charge is 2.08. The van der Waals surface area contributed by atoms with E-state index in [0.29, 0.717) is 0 Å². The van der Waals surface area contributed by atoms with Crippen LogP contribution in [0.3, 0.4) is 0 Å². The van der Waals surface area contributed by atoms with E-state index in [9.17, 15) is 0 Å². The van der Waals surface area contributed by atoms with Crippen molar-refractivity contribution in [3.05, 3.63) is 33.8 Å². The average molecular weight is 256 g/mol. The van der Waals surface area contributed by atoms with Crippen molar-refractivity contribution < 1.29 is 0 Å². The van der Waals surface area contributed by atoms with Gasteiger partial charge in [-0.3, -0.25) is 0 Å². The lowest BCUT2D eigenvalue weighted by Gasteiger charge is -2.13. The summed E-state index contributed by atoms with van der Waals surface area (Å²) in [5.41, 5.74) is 8.59. The molecule has 0 saturated heterocycles. The Kier molecular flexibility index (Phi) is 4.63. The molecule has 0 bridgehead atoms. The molecule has 14 heavy (non-hydrogen) atoms. The van der Waals surface area contributed by atoms with Crippen LogP contribution in [-0.2, 0) is 0 Å². The Morgan fingerprint density at radius 2 is 2.14 bits per heavy atom. The van der Waals surface area contributed by atoms with Gasteiger partial charge in [-0.15, -0.1) is 0 Å². The highest BCUT2D eigenvalue weighted by Crippen LogP contribution is 2.26. The summed E-state index contributed by atoms with van der Waals surface area (Å²) in [5, 5.41) is 0. The largest absolute Gasteiger partial charge is 0.324 e. The lowest BCUT2D eigenvalue weighted by atomic mass is 10.0. The van der Waals surface area contributed by atoms with Crippen molar-refractivity contribution in [2.45, 2.75) is 39.2 Å². The van der Waals surface area contributed by atoms with E-state index in [4.69, 9.17) is 5.73 Å². The summed E-state index contributed by atoms with van der Waals surface area (Å²) in [7, 11) is 0. The molecule has 2 N–H and O–H groups in total. The van der Waals surface area contributed by atoms with E-state index in [0.717, 1.165) is 10.9 Å². The number of hydrogen-bond acceptors (Lipinski definition) is 1. The minimum absolute atomic E-state index is 0.171. The maximum absolute atomic E-state index is 6.10. The monoisotopic (exact) mass is 255 g/mol. The first-order valence-corrected chi connectivity index (χ1v) is 5.96. The van der Waals surface area contributed by atoms with Crippen molar-refractivity contribution in [3.8, 4) is 0 Å². The molecular weight excluding hydrogens is 238 g/mol. The van der Waals surface area contributed by atoms with Gasteiger partial charge in [0.1, 0.15) is 0 Å². The van der Waals surface area contributed by atoms with E-state index in [-0.39, 0.29) is 6.04 Å². The van der Waals surface area contributed by atoms with Gasteiger partial charge in [-0.1, -0.05) is 47.8 Å². The van der Waals surface area contributed by atoms with Crippen LogP contribution in [0.2, 0.25) is 0 Å². The molecule has 78 valence electrons. The van der Waals surface area contributed by atoms with Gasteiger partial charge in [0.15, 0.2) is 0 Å². The minimum atomic E-state index is 0.171. The van der Waals surface area contributed by atoms with E-state index in [1.165, 1.54) is 24.0 Å². The molecule has 0 aromatic heterocycles. The van der Waals surface area contributed by atoms with E-state index in [1.807, 2.05) is 0 Å². The summed E-state index contributed by atoms with van der Waals surface area (Å²) >= 11 is 3.56. The number of unbranched alkanes of at least 4 members (excludes halogenated alkanes) is 1. The Balaban J connectivity index is 2.74. The first-order chi connectivity index (χ1) is 6.65. The number of hydrogen-bond donors (Lipinski definition) is 1. The predicted molar refractivity (Wildman–Crippen MR) is 65.3 cm³/mol. The minimum Gasteiger partial charge on any atom is -0.324 e. The summed E-state index contributed by atoms with van der Waals surface area (Å²) in [4.78, 5) is 0. The van der Waals surface area contributed by atoms with E-state index < -0.39 is 0 Å². The van der Waals surface area contributed by atoms with Crippen molar-refractivity contribution >= 4 is 15.9 Å². The fourth-order valence-electron chi connectivity index (χ4n) is 1.51. The molecule has 0 amide bonds. The second-order valence-electron chi connectivity index (χ2n) is 3.77. The van der Waals surface area contributed by atoms with E-state index >= 15 is 0 Å². The van der Waals surface area contributed by atoms with Crippen molar-refractivity contribution in [2.24, 2.45) is 5.73 Å². The topological polar surface area (TPSA) is 26.0 Å². The van der Waals surface area contributed by atoms with Gasteiger partial charge in [0, 0.05) is 10.5 Å². The quantitative estimate of drug-likeness (QED) is 0.867. The van der Waals surface area contributed by atoms with Crippen LogP contribution in [0.5, 0.6) is 0 Å². The molecule has 0 heterocycles. The highest BCUT2D eigenvalue weighted by atomic mass is 79.9. The summed E-state index contributed by atoms with van der Waals surface area (Å²) in [6, 6.07) is 6.54. The van der Waals surface area contributed by atoms with E-state index in [2.05, 4.69) is 48.0 Å². The summed E-state index contributed by atoms with van der Waals surface area (Å²) in [6.45, 7) is 4.28. The zero-order valence-electron chi connectivity index (χ0n) is 8.89. The number of aryl methyl sites for hydroxylation is 1. The molecule has 0 aliphatic heterocycles. The molecule has 0 fully saturated rings. The molecule has 1 nitrogen and oxygen atoms in total. The van der Waals surface area contributed by atoms with Crippen LogP contribution in [0.25, 0.3) is 0 Å². The van der Waals surface area contributed by atoms with Crippen LogP contribution in [0.15, 0.2) is 22.7 Å². The second kappa shape index (κ2) is 5.52. The summed E-state index contributed by atoms with van der Waals surface area (Å²) < 4.78 is 1.14. The molecule has 1 rings (SSSR count). The summed E-state index contributed by atoms with van der Waals surface area (Å²) in [5.74, 6) is 0. The third kappa shape index (κ3) is 3.10. The maximum atomic E-state index is 6.10. The number of benzene rings is 1. The van der Waals surface area contributed by atoms with Gasteiger partial charge in [-0.25, -0.2) is 0 Å². The Bertz CT molecular complexity index is 296. The number of nitrogens with two attached hydrogens (primary N) is 1. The smallest absolute Gasteiger partial charge is 0.0306 e. The van der Waals surface area contributed by atoms with Crippen LogP contribution in [0.4, 0.5) is 0 Å². The van der Waals surface area contributed by atoms with Gasteiger partial charge in [0.25, 0.3) is 0 Å². The van der Waals surface area contributed by atoms with Gasteiger partial charge < -0.3 is 5.73 Å². The zero-order valence-corrected chi connectivity index (χ0v) is 10.5. The fourth-order valence-corrected chi connectivity index (χ4v) is 2.30. The third-order valence-electron chi connectivity index (χ3n) is 2.42. The van der Waals surface area contributed by atoms with Gasteiger partial charge in [0.2, 0.25) is 0 Å². The van der Waals surface area contributed by atoms with Crippen molar-refractivity contribution in [1.82, 2.24) is 0 Å². The molecule has 0 unspecified atom stereocenters. The van der Waals surface area contributed by atoms with Gasteiger partial charge in [0.05, 0.1) is 0 Å². The van der Waals surface area contributed by atoms with Crippen LogP contribution in [-0.4, -0.2) is 0 Å². The number of halogens is 1. The van der Waals surface area contributed by atoms with Gasteiger partial charge in [-0.05, 0) is 30.5 Å². The molecule has 1 aromatic rings. The molecule has 1 atom stereocenters. The predicted octanol–water partition coefficient (Wildman–Crippen LogP) is 3.95. The molecule has 0 aliphatic carbocycles. The second-order valence-corrected chi connectivity index (χ2v) is 4.63. The van der Waals surface area contributed by atoms with Gasteiger partial charge >= 0.3 is 0 Å². The van der Waals surface area contributed by atoms with Gasteiger partial charge in [-0.2, -0.15) is 0 Å². The van der Waals surface area contributed by atoms with Crippen LogP contribution in [0.1, 0.15) is 43.4 Å². The molecule has 0 aliphatic rings. The van der Waals surface area contributed by atoms with Crippen molar-refractivity contribution in [1.29, 1.82) is 0 Å². The fraction of sp³-hybridized carbons (Fsp3) is 0.500. The Morgan fingerprint density at radius 1 is 1.43 bits per heavy atom. The van der Waals surface area contributed by atoms with E-state index in [1.54, 1.807) is 0 Å². The molecule has 0 radical (unpaired) electrons. The lowest BCUT2D eigenvalue weighted by Crippen LogP contribution is -2.10. The molecule has 0 saturated carbocycles. The van der Waals surface area contributed by atoms with Crippen LogP contribution in [0, 0.1) is 6.92 Å². The zero-order chi connectivity index (χ0) is 10.6. The standard InChI is InChI=1S/C12H18BrN/c1-3-4-5-12(14)10-7-6-9(2)8-11(10)13/h6-8,12H,3-5,14H2,1-2H3/t12-/m0/s1. The first kappa shape index (κ1) is 11.7. The Morgan fingerprint density at radius 3 is 2.71 bits per heavy atom. The summed E-state index contributed by atoms with van der Waals surface area (Å²) in [6.07, 6.45) is 3.47. The maximum Gasteiger partial charge on any atom is 0.0306 e. The SMILES string of the molecule is CCCC[C@H](N)c1ccc(C)cc1Br. The molecular formula is C12H18BrN. The third-order valence-corrected chi connectivity index (χ3v) is 3.11. The molecule has 1 aromatic carbocycles. The molecule has 2 heteroatoms. The first-order valence-electron chi connectivity index (χ1n) is 5.16. The van der Waals surface area contributed by atoms with Crippen LogP contribution < -0.4 is 5.73 Å². The number of rotatable bonds is 4. The molecule has 0 spiro atoms. The lowest BCUT2D eigenvalue weighted by molar-refractivity contribution is 0.601. The Hall–Kier alpha value is -0.340. The van der Waals surface area contributed by atoms with Crippen LogP contribution >= 0.6 is 15.9 Å². The Labute approximate surface area is 94.8 Å². The normalized spacial score (nSPS) is 12.9. The van der Waals surface area contributed by atoms with Crippen molar-refractivity contribution in [3.63, 3.8) is 0 Å². The highest BCUT2D eigenvalue weighted by molar-refractivity contribution is 9.10. The van der Waals surface area contributed by atoms with Crippen molar-refractivity contribution in [2.75, 3.05) is 0 Å². The average Bonchev–Trinajstić information content (AvgIpc) is 2.14.